The lowest BCUT2D eigenvalue weighted by molar-refractivity contribution is 0.100. The number of rotatable bonds is 2. The minimum Gasteiger partial charge on any atom is -0.490 e. The lowest BCUT2D eigenvalue weighted by atomic mass is 9.90. The van der Waals surface area contributed by atoms with Gasteiger partial charge in [0.25, 0.3) is 5.91 Å². The van der Waals surface area contributed by atoms with E-state index in [1.54, 1.807) is 0 Å². The van der Waals surface area contributed by atoms with Crippen molar-refractivity contribution in [2.24, 2.45) is 5.73 Å². The normalized spacial score (nSPS) is 15.6. The van der Waals surface area contributed by atoms with Gasteiger partial charge < -0.3 is 20.8 Å². The molecule has 5 rings (SSSR count). The number of ether oxygens (including phenoxy) is 1. The van der Waals surface area contributed by atoms with Crippen LogP contribution >= 0.6 is 0 Å². The van der Waals surface area contributed by atoms with Crippen molar-refractivity contribution in [3.05, 3.63) is 46.9 Å². The highest BCUT2D eigenvalue weighted by atomic mass is 19.1. The fourth-order valence-electron chi connectivity index (χ4n) is 4.32. The first-order valence-electron chi connectivity index (χ1n) is 9.30. The zero-order valence-corrected chi connectivity index (χ0v) is 14.8. The number of H-pyrrole nitrogens is 1. The van der Waals surface area contributed by atoms with Gasteiger partial charge in [0.15, 0.2) is 0 Å². The van der Waals surface area contributed by atoms with Crippen LogP contribution in [-0.2, 0) is 12.8 Å². The van der Waals surface area contributed by atoms with Gasteiger partial charge in [0.2, 0.25) is 0 Å². The quantitative estimate of drug-likeness (QED) is 0.647. The predicted octanol–water partition coefficient (Wildman–Crippen LogP) is 3.76. The zero-order chi connectivity index (χ0) is 18.5. The Morgan fingerprint density at radius 3 is 2.89 bits per heavy atom. The third-order valence-electron chi connectivity index (χ3n) is 5.53. The van der Waals surface area contributed by atoms with E-state index in [2.05, 4.69) is 10.3 Å². The number of nitrogens with one attached hydrogen (secondary N) is 2. The standard InChI is InChI=1S/C21H20FN3O2/c22-14-10-13(21(23)26)20-19(12-3-1-2-4-15(12)25-20)18(14)11-5-6-17-16(9-11)24-7-8-27-17/h5-6,9-10,24-25H,1-4,7-8H2,(H2,23,26). The van der Waals surface area contributed by atoms with Gasteiger partial charge >= 0.3 is 0 Å². The van der Waals surface area contributed by atoms with Crippen LogP contribution in [0.2, 0.25) is 0 Å². The van der Waals surface area contributed by atoms with Crippen LogP contribution in [0.25, 0.3) is 22.0 Å². The van der Waals surface area contributed by atoms with Crippen molar-refractivity contribution in [2.75, 3.05) is 18.5 Å². The molecule has 1 aliphatic heterocycles. The molecule has 1 aliphatic carbocycles. The largest absolute Gasteiger partial charge is 0.490 e. The summed E-state index contributed by atoms with van der Waals surface area (Å²) in [6, 6.07) is 6.91. The number of aromatic amines is 1. The van der Waals surface area contributed by atoms with Crippen molar-refractivity contribution in [1.29, 1.82) is 0 Å². The maximum absolute atomic E-state index is 15.2. The van der Waals surface area contributed by atoms with Crippen molar-refractivity contribution < 1.29 is 13.9 Å². The molecular weight excluding hydrogens is 345 g/mol. The molecule has 2 heterocycles. The summed E-state index contributed by atoms with van der Waals surface area (Å²) in [5.41, 5.74) is 10.7. The number of aryl methyl sites for hydroxylation is 2. The second-order valence-electron chi connectivity index (χ2n) is 7.17. The van der Waals surface area contributed by atoms with Crippen molar-refractivity contribution in [3.8, 4) is 16.9 Å². The number of hydrogen-bond donors (Lipinski definition) is 3. The van der Waals surface area contributed by atoms with Gasteiger partial charge in [-0.2, -0.15) is 0 Å². The van der Waals surface area contributed by atoms with E-state index in [4.69, 9.17) is 10.5 Å². The maximum atomic E-state index is 15.2. The number of anilines is 1. The Morgan fingerprint density at radius 1 is 1.19 bits per heavy atom. The molecule has 0 fully saturated rings. The number of hydrogen-bond acceptors (Lipinski definition) is 3. The summed E-state index contributed by atoms with van der Waals surface area (Å²) in [6.45, 7) is 1.33. The highest BCUT2D eigenvalue weighted by molar-refractivity contribution is 6.11. The molecule has 0 saturated carbocycles. The SMILES string of the molecule is NC(=O)c1cc(F)c(-c2ccc3c(c2)NCCO3)c2c3c([nH]c12)CCCC3. The van der Waals surface area contributed by atoms with Crippen molar-refractivity contribution in [1.82, 2.24) is 4.98 Å². The molecule has 4 N–H and O–H groups in total. The van der Waals surface area contributed by atoms with E-state index in [1.807, 2.05) is 18.2 Å². The van der Waals surface area contributed by atoms with Gasteiger partial charge in [0, 0.05) is 23.2 Å². The third kappa shape index (κ3) is 2.47. The molecule has 0 spiro atoms. The molecule has 5 nitrogen and oxygen atoms in total. The predicted molar refractivity (Wildman–Crippen MR) is 103 cm³/mol. The molecule has 3 aromatic rings. The number of aromatic nitrogens is 1. The van der Waals surface area contributed by atoms with E-state index in [-0.39, 0.29) is 5.56 Å². The average Bonchev–Trinajstić information content (AvgIpc) is 3.06. The molecular formula is C21H20FN3O2. The van der Waals surface area contributed by atoms with Crippen molar-refractivity contribution in [3.63, 3.8) is 0 Å². The summed E-state index contributed by atoms with van der Waals surface area (Å²) in [4.78, 5) is 15.3. The van der Waals surface area contributed by atoms with E-state index < -0.39 is 11.7 Å². The Morgan fingerprint density at radius 2 is 2.04 bits per heavy atom. The second kappa shape index (κ2) is 6.01. The summed E-state index contributed by atoms with van der Waals surface area (Å²) >= 11 is 0. The van der Waals surface area contributed by atoms with Gasteiger partial charge in [0.1, 0.15) is 18.2 Å². The average molecular weight is 365 g/mol. The molecule has 0 bridgehead atoms. The van der Waals surface area contributed by atoms with Gasteiger partial charge in [0.05, 0.1) is 16.8 Å². The van der Waals surface area contributed by atoms with Crippen LogP contribution in [0.3, 0.4) is 0 Å². The highest BCUT2D eigenvalue weighted by Gasteiger charge is 2.25. The second-order valence-corrected chi connectivity index (χ2v) is 7.17. The van der Waals surface area contributed by atoms with Crippen LogP contribution in [0.15, 0.2) is 24.3 Å². The number of carbonyl (C=O) groups excluding carboxylic acids is 1. The van der Waals surface area contributed by atoms with Gasteiger partial charge in [-0.1, -0.05) is 6.07 Å². The van der Waals surface area contributed by atoms with Gasteiger partial charge in [-0.05, 0) is 55.0 Å². The number of primary amides is 1. The molecule has 27 heavy (non-hydrogen) atoms. The van der Waals surface area contributed by atoms with Crippen LogP contribution < -0.4 is 15.8 Å². The first-order valence-corrected chi connectivity index (χ1v) is 9.30. The fraction of sp³-hybridized carbons (Fsp3) is 0.286. The molecule has 1 aromatic heterocycles. The number of halogens is 1. The zero-order valence-electron chi connectivity index (χ0n) is 14.8. The van der Waals surface area contributed by atoms with E-state index in [9.17, 15) is 4.79 Å². The summed E-state index contributed by atoms with van der Waals surface area (Å²) in [5.74, 6) is -0.281. The lowest BCUT2D eigenvalue weighted by Crippen LogP contribution is -2.17. The molecule has 0 saturated heterocycles. The number of benzene rings is 2. The summed E-state index contributed by atoms with van der Waals surface area (Å²) in [7, 11) is 0. The molecule has 2 aromatic carbocycles. The van der Waals surface area contributed by atoms with Gasteiger partial charge in [-0.15, -0.1) is 0 Å². The first kappa shape index (κ1) is 16.2. The third-order valence-corrected chi connectivity index (χ3v) is 5.53. The van der Waals surface area contributed by atoms with Crippen LogP contribution in [0.5, 0.6) is 5.75 Å². The lowest BCUT2D eigenvalue weighted by Gasteiger charge is -2.20. The number of amides is 1. The van der Waals surface area contributed by atoms with Gasteiger partial charge in [-0.3, -0.25) is 4.79 Å². The molecule has 138 valence electrons. The van der Waals surface area contributed by atoms with Crippen molar-refractivity contribution in [2.45, 2.75) is 25.7 Å². The highest BCUT2D eigenvalue weighted by Crippen LogP contribution is 2.41. The number of carbonyl (C=O) groups is 1. The van der Waals surface area contributed by atoms with E-state index in [1.165, 1.54) is 6.07 Å². The molecule has 6 heteroatoms. The number of fused-ring (bicyclic) bond motifs is 4. The Balaban J connectivity index is 1.82. The van der Waals surface area contributed by atoms with Crippen molar-refractivity contribution >= 4 is 22.5 Å². The fourth-order valence-corrected chi connectivity index (χ4v) is 4.32. The monoisotopic (exact) mass is 365 g/mol. The van der Waals surface area contributed by atoms with E-state index >= 15 is 4.39 Å². The van der Waals surface area contributed by atoms with Crippen LogP contribution in [-0.4, -0.2) is 24.0 Å². The summed E-state index contributed by atoms with van der Waals surface area (Å²) < 4.78 is 20.9. The minimum atomic E-state index is -0.621. The Hall–Kier alpha value is -3.02. The van der Waals surface area contributed by atoms with Crippen LogP contribution in [0.1, 0.15) is 34.5 Å². The smallest absolute Gasteiger partial charge is 0.250 e. The van der Waals surface area contributed by atoms with E-state index in [0.29, 0.717) is 24.2 Å². The van der Waals surface area contributed by atoms with E-state index in [0.717, 1.165) is 59.3 Å². The Kier molecular flexibility index (Phi) is 3.60. The number of nitrogens with two attached hydrogens (primary N) is 1. The summed E-state index contributed by atoms with van der Waals surface area (Å²) in [5, 5.41) is 4.08. The minimum absolute atomic E-state index is 0.208. The summed E-state index contributed by atoms with van der Waals surface area (Å²) in [6.07, 6.45) is 3.92. The Bertz CT molecular complexity index is 1090. The molecule has 1 amide bonds. The molecule has 0 atom stereocenters. The first-order chi connectivity index (χ1) is 13.1. The van der Waals surface area contributed by atoms with Crippen LogP contribution in [0, 0.1) is 5.82 Å². The van der Waals surface area contributed by atoms with Crippen LogP contribution in [0.4, 0.5) is 10.1 Å². The Labute approximate surface area is 155 Å². The molecule has 0 unspecified atom stereocenters. The van der Waals surface area contributed by atoms with Gasteiger partial charge in [-0.25, -0.2) is 4.39 Å². The topological polar surface area (TPSA) is 80.1 Å². The maximum Gasteiger partial charge on any atom is 0.250 e. The molecule has 0 radical (unpaired) electrons. The molecule has 2 aliphatic rings.